The van der Waals surface area contributed by atoms with Gasteiger partial charge in [0.15, 0.2) is 11.5 Å². The molecule has 4 rings (SSSR count). The van der Waals surface area contributed by atoms with Crippen molar-refractivity contribution in [3.05, 3.63) is 83.7 Å². The van der Waals surface area contributed by atoms with Crippen LogP contribution in [0.5, 0.6) is 11.5 Å². The highest BCUT2D eigenvalue weighted by atomic mass is 32.2. The Morgan fingerprint density at radius 2 is 1.69 bits per heavy atom. The molecule has 1 fully saturated rings. The maximum atomic E-state index is 14.6. The lowest BCUT2D eigenvalue weighted by Gasteiger charge is -2.28. The molecule has 39 heavy (non-hydrogen) atoms. The number of carbonyl (C=O) groups is 3. The van der Waals surface area contributed by atoms with E-state index in [1.807, 2.05) is 0 Å². The Morgan fingerprint density at radius 3 is 2.31 bits per heavy atom. The highest BCUT2D eigenvalue weighted by Crippen LogP contribution is 2.30. The summed E-state index contributed by atoms with van der Waals surface area (Å²) in [5.74, 6) is -1.80. The van der Waals surface area contributed by atoms with Gasteiger partial charge in [-0.1, -0.05) is 18.2 Å². The molecule has 3 aromatic carbocycles. The highest BCUT2D eigenvalue weighted by Gasteiger charge is 2.44. The number of anilines is 1. The summed E-state index contributed by atoms with van der Waals surface area (Å²) >= 11 is 0. The number of amides is 3. The molecule has 0 saturated carbocycles. The number of hydrogen-bond donors (Lipinski definition) is 1. The van der Waals surface area contributed by atoms with E-state index in [1.54, 1.807) is 18.2 Å². The van der Waals surface area contributed by atoms with Crippen LogP contribution < -0.4 is 19.5 Å². The van der Waals surface area contributed by atoms with Gasteiger partial charge in [-0.3, -0.25) is 14.4 Å². The second-order valence-corrected chi connectivity index (χ2v) is 10.3. The van der Waals surface area contributed by atoms with Crippen LogP contribution in [-0.2, 0) is 26.0 Å². The predicted molar refractivity (Wildman–Crippen MR) is 139 cm³/mol. The van der Waals surface area contributed by atoms with E-state index in [2.05, 4.69) is 0 Å². The summed E-state index contributed by atoms with van der Waals surface area (Å²) in [6.45, 7) is -0.00939. The van der Waals surface area contributed by atoms with Crippen LogP contribution in [0.4, 0.5) is 10.1 Å². The topological polar surface area (TPSA) is 136 Å². The number of rotatable bonds is 9. The first-order chi connectivity index (χ1) is 18.5. The number of primary sulfonamides is 1. The van der Waals surface area contributed by atoms with E-state index >= 15 is 0 Å². The van der Waals surface area contributed by atoms with E-state index in [0.717, 1.165) is 16.5 Å². The summed E-state index contributed by atoms with van der Waals surface area (Å²) in [7, 11) is -0.985. The molecule has 0 aromatic heterocycles. The minimum Gasteiger partial charge on any atom is -0.493 e. The number of carbonyl (C=O) groups excluding carboxylic acids is 3. The normalized spacial score (nSPS) is 15.4. The second-order valence-electron chi connectivity index (χ2n) is 8.74. The number of benzene rings is 3. The van der Waals surface area contributed by atoms with Gasteiger partial charge in [0, 0.05) is 6.54 Å². The zero-order valence-electron chi connectivity index (χ0n) is 21.2. The van der Waals surface area contributed by atoms with Gasteiger partial charge in [-0.25, -0.2) is 22.8 Å². The molecule has 1 aliphatic rings. The number of nitrogens with zero attached hydrogens (tertiary/aromatic N) is 2. The molecule has 1 aliphatic heterocycles. The van der Waals surface area contributed by atoms with E-state index in [4.69, 9.17) is 14.6 Å². The number of halogens is 1. The lowest BCUT2D eigenvalue weighted by atomic mass is 10.1. The molecule has 3 aromatic rings. The molecule has 1 atom stereocenters. The maximum absolute atomic E-state index is 14.6. The van der Waals surface area contributed by atoms with Crippen molar-refractivity contribution < 1.29 is 36.7 Å². The van der Waals surface area contributed by atoms with Crippen LogP contribution in [0.2, 0.25) is 0 Å². The SMILES string of the molecule is COc1ccc(CCN(C(=O)c2ccccc2F)C2CC(=O)N(c3ccc(S(N)(=O)=O)cc3)C2=O)cc1OC. The molecule has 1 unspecified atom stereocenters. The van der Waals surface area contributed by atoms with Gasteiger partial charge in [0.25, 0.3) is 11.8 Å². The average molecular weight is 556 g/mol. The van der Waals surface area contributed by atoms with Gasteiger partial charge in [-0.15, -0.1) is 0 Å². The largest absolute Gasteiger partial charge is 0.493 e. The Labute approximate surface area is 224 Å². The standard InChI is InChI=1S/C27H26FN3O7S/c1-37-23-12-7-17(15-24(23)38-2)13-14-30(26(33)20-5-3-4-6-21(20)28)22-16-25(32)31(27(22)34)18-8-10-19(11-9-18)39(29,35)36/h3-12,15,22H,13-14,16H2,1-2H3,(H2,29,35,36). The Hall–Kier alpha value is -4.29. The second kappa shape index (κ2) is 11.2. The van der Waals surface area contributed by atoms with Crippen molar-refractivity contribution in [1.82, 2.24) is 4.90 Å². The molecule has 0 aliphatic carbocycles. The summed E-state index contributed by atoms with van der Waals surface area (Å²) in [5.41, 5.74) is 0.644. The summed E-state index contributed by atoms with van der Waals surface area (Å²) in [4.78, 5) is 41.9. The number of imide groups is 1. The fourth-order valence-electron chi connectivity index (χ4n) is 4.39. The van der Waals surface area contributed by atoms with Crippen LogP contribution in [0, 0.1) is 5.82 Å². The fourth-order valence-corrected chi connectivity index (χ4v) is 4.90. The molecule has 0 spiro atoms. The van der Waals surface area contributed by atoms with Gasteiger partial charge in [0.05, 0.1) is 36.8 Å². The van der Waals surface area contributed by atoms with Crippen LogP contribution in [0.25, 0.3) is 0 Å². The third-order valence-corrected chi connectivity index (χ3v) is 7.31. The quantitative estimate of drug-likeness (QED) is 0.401. The molecule has 3 amide bonds. The third-order valence-electron chi connectivity index (χ3n) is 6.38. The van der Waals surface area contributed by atoms with E-state index in [9.17, 15) is 27.2 Å². The molecular weight excluding hydrogens is 529 g/mol. The molecule has 204 valence electrons. The Morgan fingerprint density at radius 1 is 1.03 bits per heavy atom. The van der Waals surface area contributed by atoms with Crippen molar-refractivity contribution in [3.63, 3.8) is 0 Å². The van der Waals surface area contributed by atoms with Crippen LogP contribution in [-0.4, -0.2) is 57.8 Å². The lowest BCUT2D eigenvalue weighted by Crippen LogP contribution is -2.46. The molecule has 10 nitrogen and oxygen atoms in total. The van der Waals surface area contributed by atoms with Gasteiger partial charge in [0.1, 0.15) is 11.9 Å². The van der Waals surface area contributed by atoms with E-state index < -0.39 is 39.6 Å². The Kier molecular flexibility index (Phi) is 7.98. The van der Waals surface area contributed by atoms with Gasteiger partial charge in [-0.05, 0) is 60.5 Å². The van der Waals surface area contributed by atoms with E-state index in [0.29, 0.717) is 11.5 Å². The minimum absolute atomic E-state index is 0.00939. The fraction of sp³-hybridized carbons (Fsp3) is 0.222. The van der Waals surface area contributed by atoms with E-state index in [-0.39, 0.29) is 35.5 Å². The number of sulfonamides is 1. The predicted octanol–water partition coefficient (Wildman–Crippen LogP) is 2.51. The van der Waals surface area contributed by atoms with Gasteiger partial charge in [0.2, 0.25) is 15.9 Å². The number of hydrogen-bond acceptors (Lipinski definition) is 7. The maximum Gasteiger partial charge on any atom is 0.257 e. The summed E-state index contributed by atoms with van der Waals surface area (Å²) in [6.07, 6.45) is -0.0660. The van der Waals surface area contributed by atoms with Crippen molar-refractivity contribution in [2.75, 3.05) is 25.7 Å². The number of nitrogens with two attached hydrogens (primary N) is 1. The highest BCUT2D eigenvalue weighted by molar-refractivity contribution is 7.89. The van der Waals surface area contributed by atoms with E-state index in [1.165, 1.54) is 61.6 Å². The first kappa shape index (κ1) is 27.7. The first-order valence-corrected chi connectivity index (χ1v) is 13.4. The molecule has 0 radical (unpaired) electrons. The Bertz CT molecular complexity index is 1530. The zero-order chi connectivity index (χ0) is 28.3. The average Bonchev–Trinajstić information content (AvgIpc) is 3.21. The third kappa shape index (κ3) is 5.76. The van der Waals surface area contributed by atoms with Gasteiger partial charge in [-0.2, -0.15) is 0 Å². The number of methoxy groups -OCH3 is 2. The van der Waals surface area contributed by atoms with Crippen LogP contribution >= 0.6 is 0 Å². The first-order valence-electron chi connectivity index (χ1n) is 11.8. The van der Waals surface area contributed by atoms with Crippen molar-refractivity contribution in [2.45, 2.75) is 23.8 Å². The Balaban J connectivity index is 1.65. The molecule has 0 bridgehead atoms. The van der Waals surface area contributed by atoms with Gasteiger partial charge < -0.3 is 14.4 Å². The van der Waals surface area contributed by atoms with Crippen LogP contribution in [0.3, 0.4) is 0 Å². The van der Waals surface area contributed by atoms with Crippen LogP contribution in [0.1, 0.15) is 22.3 Å². The number of ether oxygens (including phenoxy) is 2. The summed E-state index contributed by atoms with van der Waals surface area (Å²) in [6, 6.07) is 14.3. The van der Waals surface area contributed by atoms with Crippen molar-refractivity contribution in [1.29, 1.82) is 0 Å². The zero-order valence-corrected chi connectivity index (χ0v) is 22.0. The lowest BCUT2D eigenvalue weighted by molar-refractivity contribution is -0.122. The molecule has 2 N–H and O–H groups in total. The smallest absolute Gasteiger partial charge is 0.257 e. The molecule has 12 heteroatoms. The minimum atomic E-state index is -3.98. The van der Waals surface area contributed by atoms with Gasteiger partial charge >= 0.3 is 0 Å². The van der Waals surface area contributed by atoms with Crippen molar-refractivity contribution in [2.24, 2.45) is 5.14 Å². The van der Waals surface area contributed by atoms with Crippen LogP contribution in [0.15, 0.2) is 71.6 Å². The monoisotopic (exact) mass is 555 g/mol. The van der Waals surface area contributed by atoms with Crippen molar-refractivity contribution in [3.8, 4) is 11.5 Å². The summed E-state index contributed by atoms with van der Waals surface area (Å²) < 4.78 is 48.3. The summed E-state index contributed by atoms with van der Waals surface area (Å²) in [5, 5.41) is 5.13. The van der Waals surface area contributed by atoms with Crippen molar-refractivity contribution >= 4 is 33.4 Å². The molecule has 1 heterocycles. The molecule has 1 saturated heterocycles. The molecular formula is C27H26FN3O7S.